The van der Waals surface area contributed by atoms with E-state index in [1.165, 1.54) is 0 Å². The van der Waals surface area contributed by atoms with Crippen molar-refractivity contribution in [1.82, 2.24) is 0 Å². The molecule has 0 unspecified atom stereocenters. The minimum absolute atomic E-state index is 0.290. The zero-order valence-electron chi connectivity index (χ0n) is 7.88. The van der Waals surface area contributed by atoms with E-state index in [9.17, 15) is 0 Å². The van der Waals surface area contributed by atoms with Gasteiger partial charge in [-0.3, -0.25) is 0 Å². The summed E-state index contributed by atoms with van der Waals surface area (Å²) < 4.78 is 17.3. The summed E-state index contributed by atoms with van der Waals surface area (Å²) >= 11 is 2.22. The molecule has 0 bridgehead atoms. The van der Waals surface area contributed by atoms with Gasteiger partial charge in [-0.25, -0.2) is 0 Å². The van der Waals surface area contributed by atoms with Gasteiger partial charge in [-0.15, -0.1) is 0 Å². The first-order chi connectivity index (χ1) is 6.83. The molecule has 3 nitrogen and oxygen atoms in total. The van der Waals surface area contributed by atoms with E-state index < -0.39 is 0 Å². The van der Waals surface area contributed by atoms with Crippen LogP contribution < -0.4 is 14.2 Å². The summed E-state index contributed by atoms with van der Waals surface area (Å²) in [6.45, 7) is 3.07. The molecular weight excluding hydrogens is 295 g/mol. The van der Waals surface area contributed by atoms with Crippen molar-refractivity contribution < 1.29 is 14.2 Å². The summed E-state index contributed by atoms with van der Waals surface area (Å²) in [6, 6.07) is 3.89. The van der Waals surface area contributed by atoms with Gasteiger partial charge in [0.2, 0.25) is 12.5 Å². The molecular formula is C10H11IO3. The third-order valence-corrected chi connectivity index (χ3v) is 2.75. The molecule has 0 atom stereocenters. The van der Waals surface area contributed by atoms with Crippen LogP contribution in [-0.4, -0.2) is 13.4 Å². The van der Waals surface area contributed by atoms with Gasteiger partial charge in [0.25, 0.3) is 0 Å². The monoisotopic (exact) mass is 306 g/mol. The minimum atomic E-state index is 0.290. The van der Waals surface area contributed by atoms with Crippen molar-refractivity contribution >= 4 is 22.6 Å². The molecule has 1 aromatic rings. The average Bonchev–Trinajstić information content (AvgIpc) is 2.66. The number of fused-ring (bicyclic) bond motifs is 1. The quantitative estimate of drug-likeness (QED) is 0.804. The molecule has 0 N–H and O–H groups in total. The second-order valence-electron chi connectivity index (χ2n) is 2.96. The second-order valence-corrected chi connectivity index (χ2v) is 4.12. The fraction of sp³-hybridized carbons (Fsp3) is 0.400. The van der Waals surface area contributed by atoms with Crippen LogP contribution in [0.5, 0.6) is 17.2 Å². The predicted octanol–water partition coefficient (Wildman–Crippen LogP) is 2.81. The molecule has 1 aromatic carbocycles. The van der Waals surface area contributed by atoms with Crippen LogP contribution in [-0.2, 0) is 0 Å². The molecule has 1 heterocycles. The molecule has 0 saturated heterocycles. The molecule has 2 rings (SSSR count). The van der Waals surface area contributed by atoms with E-state index in [0.717, 1.165) is 27.2 Å². The van der Waals surface area contributed by atoms with Gasteiger partial charge in [-0.05, 0) is 41.1 Å². The molecule has 0 saturated carbocycles. The maximum atomic E-state index is 5.54. The molecule has 14 heavy (non-hydrogen) atoms. The van der Waals surface area contributed by atoms with Crippen LogP contribution in [0.4, 0.5) is 0 Å². The first-order valence-electron chi connectivity index (χ1n) is 4.54. The van der Waals surface area contributed by atoms with Crippen molar-refractivity contribution in [3.63, 3.8) is 0 Å². The van der Waals surface area contributed by atoms with Gasteiger partial charge in [-0.1, -0.05) is 6.92 Å². The van der Waals surface area contributed by atoms with Crippen LogP contribution in [0.2, 0.25) is 0 Å². The van der Waals surface area contributed by atoms with Crippen molar-refractivity contribution in [2.24, 2.45) is 0 Å². The molecule has 0 fully saturated rings. The molecule has 0 aliphatic carbocycles. The highest BCUT2D eigenvalue weighted by molar-refractivity contribution is 14.1. The Balaban J connectivity index is 2.29. The molecule has 1 aliphatic heterocycles. The molecule has 76 valence electrons. The number of hydrogen-bond acceptors (Lipinski definition) is 3. The lowest BCUT2D eigenvalue weighted by atomic mass is 10.3. The van der Waals surface area contributed by atoms with Gasteiger partial charge < -0.3 is 14.2 Å². The summed E-state index contributed by atoms with van der Waals surface area (Å²) in [6.07, 6.45) is 0.988. The largest absolute Gasteiger partial charge is 0.490 e. The maximum absolute atomic E-state index is 5.54. The topological polar surface area (TPSA) is 27.7 Å². The Morgan fingerprint density at radius 2 is 2.14 bits per heavy atom. The third kappa shape index (κ3) is 1.75. The Morgan fingerprint density at radius 3 is 2.93 bits per heavy atom. The van der Waals surface area contributed by atoms with Crippen molar-refractivity contribution in [3.05, 3.63) is 15.7 Å². The van der Waals surface area contributed by atoms with Gasteiger partial charge in [-0.2, -0.15) is 0 Å². The van der Waals surface area contributed by atoms with Gasteiger partial charge in [0, 0.05) is 0 Å². The van der Waals surface area contributed by atoms with Crippen molar-refractivity contribution in [3.8, 4) is 17.2 Å². The van der Waals surface area contributed by atoms with E-state index in [2.05, 4.69) is 29.5 Å². The second kappa shape index (κ2) is 4.25. The highest BCUT2D eigenvalue weighted by Crippen LogP contribution is 2.43. The van der Waals surface area contributed by atoms with Crippen LogP contribution in [0.15, 0.2) is 12.1 Å². The van der Waals surface area contributed by atoms with Gasteiger partial charge in [0.05, 0.1) is 10.2 Å². The van der Waals surface area contributed by atoms with Crippen molar-refractivity contribution in [2.45, 2.75) is 13.3 Å². The Hall–Kier alpha value is -0.650. The minimum Gasteiger partial charge on any atom is -0.490 e. The van der Waals surface area contributed by atoms with Gasteiger partial charge >= 0.3 is 0 Å². The first kappa shape index (κ1) is 9.89. The number of hydrogen-bond donors (Lipinski definition) is 0. The highest BCUT2D eigenvalue weighted by Gasteiger charge is 2.21. The molecule has 4 heteroatoms. The summed E-state index contributed by atoms with van der Waals surface area (Å²) in [7, 11) is 0. The van der Waals surface area contributed by atoms with Crippen molar-refractivity contribution in [2.75, 3.05) is 13.4 Å². The summed E-state index contributed by atoms with van der Waals surface area (Å²) in [5.74, 6) is 2.32. The van der Waals surface area contributed by atoms with E-state index in [0.29, 0.717) is 6.61 Å². The molecule has 0 radical (unpaired) electrons. The SMILES string of the molecule is CCCOc1ccc(I)c2c1OCO2. The number of benzene rings is 1. The highest BCUT2D eigenvalue weighted by atomic mass is 127. The van der Waals surface area contributed by atoms with Crippen LogP contribution in [0, 0.1) is 3.57 Å². The van der Waals surface area contributed by atoms with E-state index in [1.54, 1.807) is 0 Å². The number of halogens is 1. The summed E-state index contributed by atoms with van der Waals surface area (Å²) in [4.78, 5) is 0. The zero-order valence-corrected chi connectivity index (χ0v) is 10.0. The zero-order chi connectivity index (χ0) is 9.97. The van der Waals surface area contributed by atoms with E-state index in [4.69, 9.17) is 14.2 Å². The lowest BCUT2D eigenvalue weighted by molar-refractivity contribution is 0.169. The number of rotatable bonds is 3. The number of ether oxygens (including phenoxy) is 3. The average molecular weight is 306 g/mol. The fourth-order valence-electron chi connectivity index (χ4n) is 1.26. The predicted molar refractivity (Wildman–Crippen MR) is 61.1 cm³/mol. The van der Waals surface area contributed by atoms with Gasteiger partial charge in [0.15, 0.2) is 11.5 Å². The molecule has 0 aromatic heterocycles. The maximum Gasteiger partial charge on any atom is 0.231 e. The third-order valence-electron chi connectivity index (χ3n) is 1.90. The van der Waals surface area contributed by atoms with Crippen LogP contribution in [0.3, 0.4) is 0 Å². The standard InChI is InChI=1S/C10H11IO3/c1-2-5-12-8-4-3-7(11)9-10(8)14-6-13-9/h3-4H,2,5-6H2,1H3. The van der Waals surface area contributed by atoms with Crippen LogP contribution in [0.1, 0.15) is 13.3 Å². The Bertz CT molecular complexity index is 338. The molecule has 0 spiro atoms. The van der Waals surface area contributed by atoms with E-state index in [1.807, 2.05) is 12.1 Å². The molecule has 1 aliphatic rings. The van der Waals surface area contributed by atoms with Crippen LogP contribution in [0.25, 0.3) is 0 Å². The van der Waals surface area contributed by atoms with Gasteiger partial charge in [0.1, 0.15) is 0 Å². The fourth-order valence-corrected chi connectivity index (χ4v) is 1.85. The Kier molecular flexibility index (Phi) is 3.00. The first-order valence-corrected chi connectivity index (χ1v) is 5.61. The van der Waals surface area contributed by atoms with Crippen LogP contribution >= 0.6 is 22.6 Å². The molecule has 0 amide bonds. The Morgan fingerprint density at radius 1 is 1.36 bits per heavy atom. The van der Waals surface area contributed by atoms with E-state index >= 15 is 0 Å². The normalized spacial score (nSPS) is 13.0. The van der Waals surface area contributed by atoms with Crippen molar-refractivity contribution in [1.29, 1.82) is 0 Å². The summed E-state index contributed by atoms with van der Waals surface area (Å²) in [5.41, 5.74) is 0. The lowest BCUT2D eigenvalue weighted by Crippen LogP contribution is -1.97. The van der Waals surface area contributed by atoms with E-state index in [-0.39, 0.29) is 6.79 Å². The summed E-state index contributed by atoms with van der Waals surface area (Å²) in [5, 5.41) is 0. The smallest absolute Gasteiger partial charge is 0.231 e. The lowest BCUT2D eigenvalue weighted by Gasteiger charge is -2.07. The Labute approximate surface area is 96.5 Å².